The van der Waals surface area contributed by atoms with Crippen LogP contribution < -0.4 is 0 Å². The summed E-state index contributed by atoms with van der Waals surface area (Å²) < 4.78 is 0. The van der Waals surface area contributed by atoms with Crippen LogP contribution in [0, 0.1) is 6.92 Å². The van der Waals surface area contributed by atoms with Gasteiger partial charge in [0.05, 0.1) is 5.41 Å². The summed E-state index contributed by atoms with van der Waals surface area (Å²) in [7, 11) is 0. The molecule has 2 heteroatoms. The monoisotopic (exact) mass is 194 g/mol. The van der Waals surface area contributed by atoms with E-state index in [2.05, 4.69) is 0 Å². The van der Waals surface area contributed by atoms with Crippen LogP contribution in [-0.2, 0) is 10.2 Å². The summed E-state index contributed by atoms with van der Waals surface area (Å²) >= 11 is 5.58. The van der Waals surface area contributed by atoms with E-state index in [9.17, 15) is 4.79 Å². The number of carbonyl (C=O) groups is 1. The normalized spacial score (nSPS) is 18.3. The van der Waals surface area contributed by atoms with Crippen molar-refractivity contribution in [1.82, 2.24) is 0 Å². The molecule has 0 amide bonds. The quantitative estimate of drug-likeness (QED) is 0.662. The molecule has 1 aliphatic rings. The molecule has 2 rings (SSSR count). The van der Waals surface area contributed by atoms with E-state index >= 15 is 0 Å². The highest BCUT2D eigenvalue weighted by Crippen LogP contribution is 2.49. The van der Waals surface area contributed by atoms with Crippen LogP contribution in [0.5, 0.6) is 0 Å². The van der Waals surface area contributed by atoms with E-state index in [4.69, 9.17) is 11.6 Å². The predicted octanol–water partition coefficient (Wildman–Crippen LogP) is 2.79. The van der Waals surface area contributed by atoms with E-state index in [0.29, 0.717) is 0 Å². The molecule has 0 unspecified atom stereocenters. The summed E-state index contributed by atoms with van der Waals surface area (Å²) in [6, 6.07) is 8.04. The third kappa shape index (κ3) is 1.37. The number of carbonyl (C=O) groups excluding carboxylic acids is 1. The fourth-order valence-electron chi connectivity index (χ4n) is 1.67. The Labute approximate surface area is 82.7 Å². The highest BCUT2D eigenvalue weighted by molar-refractivity contribution is 6.66. The highest BCUT2D eigenvalue weighted by atomic mass is 35.5. The summed E-state index contributed by atoms with van der Waals surface area (Å²) in [6.45, 7) is 2.03. The molecule has 1 aromatic carbocycles. The fraction of sp³-hybridized carbons (Fsp3) is 0.364. The molecule has 13 heavy (non-hydrogen) atoms. The molecular weight excluding hydrogens is 184 g/mol. The van der Waals surface area contributed by atoms with Crippen molar-refractivity contribution < 1.29 is 4.79 Å². The summed E-state index contributed by atoms with van der Waals surface area (Å²) in [5.74, 6) is 0. The van der Waals surface area contributed by atoms with Crippen molar-refractivity contribution in [3.8, 4) is 0 Å². The highest BCUT2D eigenvalue weighted by Gasteiger charge is 2.50. The van der Waals surface area contributed by atoms with Crippen LogP contribution >= 0.6 is 11.6 Å². The molecule has 0 N–H and O–H groups in total. The molecule has 0 heterocycles. The number of rotatable bonds is 2. The van der Waals surface area contributed by atoms with Gasteiger partial charge in [-0.05, 0) is 36.9 Å². The van der Waals surface area contributed by atoms with Crippen LogP contribution in [0.2, 0.25) is 0 Å². The van der Waals surface area contributed by atoms with Crippen LogP contribution in [0.15, 0.2) is 24.3 Å². The molecule has 0 atom stereocenters. The molecule has 1 aromatic rings. The van der Waals surface area contributed by atoms with Crippen molar-refractivity contribution in [3.63, 3.8) is 0 Å². The van der Waals surface area contributed by atoms with Crippen LogP contribution in [0.4, 0.5) is 0 Å². The molecule has 1 saturated carbocycles. The Kier molecular flexibility index (Phi) is 1.92. The lowest BCUT2D eigenvalue weighted by Gasteiger charge is -2.10. The second kappa shape index (κ2) is 2.85. The Bertz CT molecular complexity index is 353. The largest absolute Gasteiger partial charge is 0.280 e. The first-order valence-corrected chi connectivity index (χ1v) is 4.80. The molecule has 68 valence electrons. The van der Waals surface area contributed by atoms with Gasteiger partial charge >= 0.3 is 0 Å². The van der Waals surface area contributed by atoms with Crippen molar-refractivity contribution in [3.05, 3.63) is 35.4 Å². The number of hydrogen-bond donors (Lipinski definition) is 0. The summed E-state index contributed by atoms with van der Waals surface area (Å²) in [4.78, 5) is 11.2. The maximum atomic E-state index is 11.2. The first kappa shape index (κ1) is 8.76. The number of halogens is 1. The Balaban J connectivity index is 2.41. The van der Waals surface area contributed by atoms with Crippen molar-refractivity contribution in [2.24, 2.45) is 0 Å². The van der Waals surface area contributed by atoms with Gasteiger partial charge in [0.1, 0.15) is 0 Å². The Morgan fingerprint density at radius 2 is 2.15 bits per heavy atom. The van der Waals surface area contributed by atoms with Crippen LogP contribution in [0.3, 0.4) is 0 Å². The lowest BCUT2D eigenvalue weighted by Crippen LogP contribution is -2.14. The second-order valence-electron chi connectivity index (χ2n) is 3.73. The van der Waals surface area contributed by atoms with Gasteiger partial charge in [-0.15, -0.1) is 0 Å². The van der Waals surface area contributed by atoms with Crippen LogP contribution in [0.25, 0.3) is 0 Å². The van der Waals surface area contributed by atoms with E-state index < -0.39 is 0 Å². The van der Waals surface area contributed by atoms with E-state index in [1.807, 2.05) is 31.2 Å². The molecule has 0 saturated heterocycles. The Hall–Kier alpha value is -0.820. The maximum Gasteiger partial charge on any atom is 0.232 e. The smallest absolute Gasteiger partial charge is 0.232 e. The minimum atomic E-state index is -0.340. The van der Waals surface area contributed by atoms with Gasteiger partial charge in [-0.25, -0.2) is 0 Å². The maximum absolute atomic E-state index is 11.2. The number of aryl methyl sites for hydroxylation is 1. The fourth-order valence-corrected chi connectivity index (χ4v) is 1.96. The van der Waals surface area contributed by atoms with Crippen molar-refractivity contribution >= 4 is 16.8 Å². The standard InChI is InChI=1S/C11H11ClO/c1-8-3-2-4-9(7-8)11(5-6-11)10(12)13/h2-4,7H,5-6H2,1H3. The summed E-state index contributed by atoms with van der Waals surface area (Å²) in [5.41, 5.74) is 1.92. The van der Waals surface area contributed by atoms with Gasteiger partial charge in [-0.3, -0.25) is 4.79 Å². The number of hydrogen-bond acceptors (Lipinski definition) is 1. The van der Waals surface area contributed by atoms with E-state index in [1.165, 1.54) is 5.56 Å². The molecule has 1 fully saturated rings. The van der Waals surface area contributed by atoms with Crippen molar-refractivity contribution in [1.29, 1.82) is 0 Å². The van der Waals surface area contributed by atoms with E-state index in [0.717, 1.165) is 18.4 Å². The van der Waals surface area contributed by atoms with E-state index in [1.54, 1.807) is 0 Å². The van der Waals surface area contributed by atoms with Gasteiger partial charge in [0, 0.05) is 0 Å². The summed E-state index contributed by atoms with van der Waals surface area (Å²) in [6.07, 6.45) is 1.80. The Morgan fingerprint density at radius 1 is 1.46 bits per heavy atom. The zero-order valence-corrected chi connectivity index (χ0v) is 8.27. The lowest BCUT2D eigenvalue weighted by molar-refractivity contribution is -0.113. The molecule has 1 aliphatic carbocycles. The van der Waals surface area contributed by atoms with Crippen LogP contribution in [-0.4, -0.2) is 5.24 Å². The molecular formula is C11H11ClO. The molecule has 0 bridgehead atoms. The lowest BCUT2D eigenvalue weighted by atomic mass is 9.96. The Morgan fingerprint density at radius 3 is 2.62 bits per heavy atom. The third-order valence-corrected chi connectivity index (χ3v) is 3.06. The molecule has 1 nitrogen and oxygen atoms in total. The predicted molar refractivity (Wildman–Crippen MR) is 53.0 cm³/mol. The van der Waals surface area contributed by atoms with Crippen molar-refractivity contribution in [2.45, 2.75) is 25.2 Å². The first-order chi connectivity index (χ1) is 6.15. The molecule has 0 aromatic heterocycles. The molecule has 0 aliphatic heterocycles. The number of benzene rings is 1. The van der Waals surface area contributed by atoms with Crippen molar-refractivity contribution in [2.75, 3.05) is 0 Å². The minimum absolute atomic E-state index is 0.210. The second-order valence-corrected chi connectivity index (χ2v) is 4.07. The first-order valence-electron chi connectivity index (χ1n) is 4.42. The van der Waals surface area contributed by atoms with E-state index in [-0.39, 0.29) is 10.7 Å². The minimum Gasteiger partial charge on any atom is -0.280 e. The van der Waals surface area contributed by atoms with Crippen LogP contribution in [0.1, 0.15) is 24.0 Å². The topological polar surface area (TPSA) is 17.1 Å². The zero-order chi connectivity index (χ0) is 9.47. The van der Waals surface area contributed by atoms with Gasteiger partial charge in [0.15, 0.2) is 0 Å². The third-order valence-electron chi connectivity index (χ3n) is 2.70. The van der Waals surface area contributed by atoms with Gasteiger partial charge in [0.2, 0.25) is 5.24 Å². The SMILES string of the molecule is Cc1cccc(C2(C(=O)Cl)CC2)c1. The average molecular weight is 195 g/mol. The van der Waals surface area contributed by atoms with Gasteiger partial charge in [0.25, 0.3) is 0 Å². The average Bonchev–Trinajstić information content (AvgIpc) is 2.83. The molecule has 0 radical (unpaired) electrons. The van der Waals surface area contributed by atoms with Gasteiger partial charge < -0.3 is 0 Å². The van der Waals surface area contributed by atoms with Gasteiger partial charge in [-0.1, -0.05) is 29.8 Å². The summed E-state index contributed by atoms with van der Waals surface area (Å²) in [5, 5.41) is -0.210. The molecule has 0 spiro atoms. The zero-order valence-electron chi connectivity index (χ0n) is 7.51. The van der Waals surface area contributed by atoms with Gasteiger partial charge in [-0.2, -0.15) is 0 Å².